The molecule has 0 fully saturated rings. The third kappa shape index (κ3) is 4.94. The lowest BCUT2D eigenvalue weighted by Crippen LogP contribution is -2.55. The van der Waals surface area contributed by atoms with Gasteiger partial charge in [-0.25, -0.2) is 4.39 Å². The summed E-state index contributed by atoms with van der Waals surface area (Å²) in [6.45, 7) is 2.49. The van der Waals surface area contributed by atoms with Crippen molar-refractivity contribution in [2.24, 2.45) is 0 Å². The number of rotatable bonds is 8. The fourth-order valence-corrected chi connectivity index (χ4v) is 4.52. The van der Waals surface area contributed by atoms with Gasteiger partial charge in [0, 0.05) is 35.5 Å². The third-order valence-corrected chi connectivity index (χ3v) is 6.58. The van der Waals surface area contributed by atoms with Crippen molar-refractivity contribution in [3.05, 3.63) is 107 Å². The molecule has 0 aliphatic heterocycles. The molecule has 5 rings (SSSR count). The minimum Gasteiger partial charge on any atom is -0.460 e. The molecule has 0 bridgehead atoms. The topological polar surface area (TPSA) is 70.1 Å². The van der Waals surface area contributed by atoms with E-state index in [0.29, 0.717) is 13.0 Å². The zero-order chi connectivity index (χ0) is 24.4. The molecule has 5 nitrogen and oxygen atoms in total. The molecule has 3 N–H and O–H groups in total. The second-order valence-corrected chi connectivity index (χ2v) is 9.31. The first kappa shape index (κ1) is 23.1. The summed E-state index contributed by atoms with van der Waals surface area (Å²) in [5.74, 6) is 0.0761. The number of nitrogens with one attached hydrogen (secondary N) is 3. The highest BCUT2D eigenvalue weighted by atomic mass is 35.5. The molecule has 3 aromatic carbocycles. The zero-order valence-corrected chi connectivity index (χ0v) is 20.0. The summed E-state index contributed by atoms with van der Waals surface area (Å²) in [6, 6.07) is 22.2. The Morgan fingerprint density at radius 2 is 1.86 bits per heavy atom. The molecule has 0 spiro atoms. The van der Waals surface area contributed by atoms with Gasteiger partial charge in [0.15, 0.2) is 0 Å². The Balaban J connectivity index is 1.38. The first-order chi connectivity index (χ1) is 16.9. The monoisotopic (exact) mass is 489 g/mol. The lowest BCUT2D eigenvalue weighted by atomic mass is 9.91. The number of carbonyl (C=O) groups is 1. The molecule has 2 heterocycles. The molecular formula is C28H25ClFN3O2. The van der Waals surface area contributed by atoms with Crippen molar-refractivity contribution >= 4 is 39.4 Å². The van der Waals surface area contributed by atoms with Crippen molar-refractivity contribution in [1.29, 1.82) is 0 Å². The van der Waals surface area contributed by atoms with Crippen LogP contribution in [0, 0.1) is 5.82 Å². The van der Waals surface area contributed by atoms with E-state index in [1.54, 1.807) is 6.07 Å². The van der Waals surface area contributed by atoms with Crippen LogP contribution in [0.5, 0.6) is 0 Å². The van der Waals surface area contributed by atoms with Crippen LogP contribution in [-0.2, 0) is 24.3 Å². The molecule has 1 unspecified atom stereocenters. The number of carbonyl (C=O) groups excluding carboxylic acids is 1. The number of halogens is 2. The largest absolute Gasteiger partial charge is 0.460 e. The van der Waals surface area contributed by atoms with E-state index < -0.39 is 11.4 Å². The van der Waals surface area contributed by atoms with E-state index in [1.165, 1.54) is 12.1 Å². The zero-order valence-electron chi connectivity index (χ0n) is 19.2. The Labute approximate surface area is 207 Å². The van der Waals surface area contributed by atoms with Crippen LogP contribution >= 0.6 is 11.6 Å². The van der Waals surface area contributed by atoms with E-state index in [2.05, 4.69) is 15.6 Å². The van der Waals surface area contributed by atoms with Crippen molar-refractivity contribution in [3.63, 3.8) is 0 Å². The molecule has 0 radical (unpaired) electrons. The fourth-order valence-electron chi connectivity index (χ4n) is 4.32. The number of amides is 1. The van der Waals surface area contributed by atoms with Crippen LogP contribution in [0.2, 0.25) is 5.02 Å². The fraction of sp³-hybridized carbons (Fsp3) is 0.179. The lowest BCUT2D eigenvalue weighted by Gasteiger charge is -2.29. The van der Waals surface area contributed by atoms with Gasteiger partial charge in [-0.15, -0.1) is 0 Å². The number of hydrogen-bond acceptors (Lipinski definition) is 3. The molecule has 2 aromatic heterocycles. The van der Waals surface area contributed by atoms with Crippen LogP contribution in [0.3, 0.4) is 0 Å². The van der Waals surface area contributed by atoms with Crippen LogP contribution in [-0.4, -0.2) is 16.4 Å². The van der Waals surface area contributed by atoms with Crippen molar-refractivity contribution in [2.45, 2.75) is 32.0 Å². The van der Waals surface area contributed by atoms with Gasteiger partial charge in [0.2, 0.25) is 5.91 Å². The summed E-state index contributed by atoms with van der Waals surface area (Å²) < 4.78 is 19.5. The normalized spacial score (nSPS) is 13.2. The average Bonchev–Trinajstić information content (AvgIpc) is 3.47. The molecule has 5 aromatic rings. The highest BCUT2D eigenvalue weighted by Crippen LogP contribution is 2.25. The van der Waals surface area contributed by atoms with Gasteiger partial charge in [-0.1, -0.05) is 54.1 Å². The molecule has 7 heteroatoms. The van der Waals surface area contributed by atoms with Crippen molar-refractivity contribution in [3.8, 4) is 0 Å². The van der Waals surface area contributed by atoms with Crippen LogP contribution in [0.1, 0.15) is 23.8 Å². The van der Waals surface area contributed by atoms with Gasteiger partial charge < -0.3 is 14.7 Å². The highest BCUT2D eigenvalue weighted by molar-refractivity contribution is 6.30. The van der Waals surface area contributed by atoms with Gasteiger partial charge in [-0.2, -0.15) is 0 Å². The summed E-state index contributed by atoms with van der Waals surface area (Å²) in [4.78, 5) is 16.8. The molecule has 178 valence electrons. The van der Waals surface area contributed by atoms with Gasteiger partial charge in [-0.3, -0.25) is 10.1 Å². The van der Waals surface area contributed by atoms with E-state index in [-0.39, 0.29) is 17.5 Å². The molecule has 1 atom stereocenters. The Hall–Kier alpha value is -3.61. The maximum atomic E-state index is 13.5. The molecule has 1 amide bonds. The van der Waals surface area contributed by atoms with E-state index in [9.17, 15) is 9.18 Å². The van der Waals surface area contributed by atoms with E-state index >= 15 is 0 Å². The number of aromatic amines is 1. The second kappa shape index (κ2) is 9.56. The lowest BCUT2D eigenvalue weighted by molar-refractivity contribution is -0.127. The summed E-state index contributed by atoms with van der Waals surface area (Å²) in [5, 5.41) is 8.53. The number of para-hydroxylation sites is 2. The molecular weight excluding hydrogens is 465 g/mol. The van der Waals surface area contributed by atoms with Gasteiger partial charge >= 0.3 is 0 Å². The van der Waals surface area contributed by atoms with Gasteiger partial charge in [-0.05, 0) is 48.4 Å². The molecule has 0 saturated heterocycles. The van der Waals surface area contributed by atoms with Gasteiger partial charge in [0.05, 0.1) is 17.1 Å². The predicted molar refractivity (Wildman–Crippen MR) is 137 cm³/mol. The number of fused-ring (bicyclic) bond motifs is 2. The summed E-state index contributed by atoms with van der Waals surface area (Å²) in [6.07, 6.45) is 2.39. The van der Waals surface area contributed by atoms with Crippen LogP contribution in [0.15, 0.2) is 83.4 Å². The van der Waals surface area contributed by atoms with Crippen LogP contribution < -0.4 is 10.6 Å². The predicted octanol–water partition coefficient (Wildman–Crippen LogP) is 6.11. The number of hydrogen-bond donors (Lipinski definition) is 3. The Morgan fingerprint density at radius 1 is 1.06 bits per heavy atom. The molecule has 0 aliphatic rings. The Kier molecular flexibility index (Phi) is 6.32. The summed E-state index contributed by atoms with van der Waals surface area (Å²) >= 11 is 5.91. The van der Waals surface area contributed by atoms with Crippen LogP contribution in [0.25, 0.3) is 21.9 Å². The van der Waals surface area contributed by atoms with Crippen molar-refractivity contribution in [2.75, 3.05) is 0 Å². The Bertz CT molecular complexity index is 1480. The Morgan fingerprint density at radius 3 is 2.69 bits per heavy atom. The number of furan rings is 1. The average molecular weight is 490 g/mol. The summed E-state index contributed by atoms with van der Waals surface area (Å²) in [7, 11) is 0. The molecule has 35 heavy (non-hydrogen) atoms. The number of aromatic nitrogens is 1. The van der Waals surface area contributed by atoms with E-state index in [4.69, 9.17) is 16.0 Å². The first-order valence-corrected chi connectivity index (χ1v) is 11.8. The third-order valence-electron chi connectivity index (χ3n) is 6.29. The maximum Gasteiger partial charge on any atom is 0.240 e. The van der Waals surface area contributed by atoms with Gasteiger partial charge in [0.1, 0.15) is 17.2 Å². The highest BCUT2D eigenvalue weighted by Gasteiger charge is 2.34. The maximum absolute atomic E-state index is 13.5. The first-order valence-electron chi connectivity index (χ1n) is 11.4. The summed E-state index contributed by atoms with van der Waals surface area (Å²) in [5.41, 5.74) is 2.62. The minimum absolute atomic E-state index is 0.0290. The van der Waals surface area contributed by atoms with E-state index in [1.807, 2.05) is 67.7 Å². The quantitative estimate of drug-likeness (QED) is 0.246. The van der Waals surface area contributed by atoms with E-state index in [0.717, 1.165) is 38.8 Å². The SMILES string of the molecule is CC(Cc1c[nH]c2ccccc12)(NCc1cc2ccccc2o1)C(=O)NCc1ccc(F)c(Cl)c1. The number of H-pyrrole nitrogens is 1. The molecule has 0 saturated carbocycles. The smallest absolute Gasteiger partial charge is 0.240 e. The van der Waals surface area contributed by atoms with Crippen molar-refractivity contribution in [1.82, 2.24) is 15.6 Å². The van der Waals surface area contributed by atoms with Gasteiger partial charge in [0.25, 0.3) is 0 Å². The standard InChI is InChI=1S/C28H25ClFN3O2/c1-28(14-20-16-31-25-8-4-3-7-22(20)25,27(34)32-15-18-10-11-24(30)23(29)12-18)33-17-21-13-19-6-2-5-9-26(19)35-21/h2-13,16,31,33H,14-15,17H2,1H3,(H,32,34). The minimum atomic E-state index is -0.951. The molecule has 0 aliphatic carbocycles. The second-order valence-electron chi connectivity index (χ2n) is 8.90. The van der Waals surface area contributed by atoms with Crippen LogP contribution in [0.4, 0.5) is 4.39 Å². The number of benzene rings is 3. The van der Waals surface area contributed by atoms with Crippen molar-refractivity contribution < 1.29 is 13.6 Å².